The predicted molar refractivity (Wildman–Crippen MR) is 92.7 cm³/mol. The third-order valence-corrected chi connectivity index (χ3v) is 7.70. The Bertz CT molecular complexity index is 674. The third-order valence-electron chi connectivity index (χ3n) is 5.16. The number of thiazole rings is 1. The van der Waals surface area contributed by atoms with Crippen LogP contribution in [0.2, 0.25) is 0 Å². The molecule has 0 unspecified atom stereocenters. The second-order valence-corrected chi connectivity index (χ2v) is 9.58. The molecule has 0 spiro atoms. The first-order valence-corrected chi connectivity index (χ1v) is 10.0. The van der Waals surface area contributed by atoms with Gasteiger partial charge in [0.1, 0.15) is 6.04 Å². The van der Waals surface area contributed by atoms with Gasteiger partial charge in [-0.1, -0.05) is 6.92 Å². The first kappa shape index (κ1) is 15.4. The van der Waals surface area contributed by atoms with Gasteiger partial charge in [0.2, 0.25) is 11.8 Å². The standard InChI is InChI=1S/C16H21N3O2S2/c1-9-3-4-10-12(7-9)23-15(17-10)18-14(21)11-8-22-16(2)6-5-13(20)19(11)16/h9,11H,3-8H2,1-2H3,(H,17,18,21)/t9-,11-,16-/m1/s1. The zero-order valence-corrected chi connectivity index (χ0v) is 15.1. The van der Waals surface area contributed by atoms with Crippen LogP contribution in [0.15, 0.2) is 0 Å². The van der Waals surface area contributed by atoms with Gasteiger partial charge in [-0.3, -0.25) is 9.59 Å². The third kappa shape index (κ3) is 2.58. The van der Waals surface area contributed by atoms with Gasteiger partial charge >= 0.3 is 0 Å². The minimum atomic E-state index is -0.361. The number of rotatable bonds is 2. The van der Waals surface area contributed by atoms with Crippen molar-refractivity contribution in [2.24, 2.45) is 5.92 Å². The molecular weight excluding hydrogens is 330 g/mol. The second-order valence-electron chi connectivity index (χ2n) is 6.99. The van der Waals surface area contributed by atoms with E-state index >= 15 is 0 Å². The number of fused-ring (bicyclic) bond motifs is 2. The van der Waals surface area contributed by atoms with Crippen molar-refractivity contribution in [3.05, 3.63) is 10.6 Å². The summed E-state index contributed by atoms with van der Waals surface area (Å²) >= 11 is 3.32. The van der Waals surface area contributed by atoms with Crippen molar-refractivity contribution in [1.82, 2.24) is 9.88 Å². The summed E-state index contributed by atoms with van der Waals surface area (Å²) in [6.07, 6.45) is 4.63. The second kappa shape index (κ2) is 5.48. The molecule has 4 rings (SSSR count). The van der Waals surface area contributed by atoms with Gasteiger partial charge in [-0.05, 0) is 38.5 Å². The maximum atomic E-state index is 12.7. The first-order valence-electron chi connectivity index (χ1n) is 8.22. The van der Waals surface area contributed by atoms with E-state index in [0.29, 0.717) is 23.2 Å². The minimum Gasteiger partial charge on any atom is -0.315 e. The van der Waals surface area contributed by atoms with Gasteiger partial charge in [-0.2, -0.15) is 0 Å². The maximum Gasteiger partial charge on any atom is 0.249 e. The van der Waals surface area contributed by atoms with Crippen LogP contribution in [0.3, 0.4) is 0 Å². The molecule has 0 aromatic carbocycles. The summed E-state index contributed by atoms with van der Waals surface area (Å²) in [6, 6.07) is -0.361. The van der Waals surface area contributed by atoms with E-state index in [1.54, 1.807) is 28.0 Å². The average molecular weight is 351 g/mol. The Morgan fingerprint density at radius 2 is 2.26 bits per heavy atom. The van der Waals surface area contributed by atoms with Crippen molar-refractivity contribution < 1.29 is 9.59 Å². The highest BCUT2D eigenvalue weighted by Crippen LogP contribution is 2.47. The molecule has 1 aromatic heterocycles. The number of nitrogens with one attached hydrogen (secondary N) is 1. The van der Waals surface area contributed by atoms with Crippen LogP contribution in [0, 0.1) is 5.92 Å². The highest BCUT2D eigenvalue weighted by molar-refractivity contribution is 8.01. The van der Waals surface area contributed by atoms with E-state index < -0.39 is 0 Å². The average Bonchev–Trinajstić information content (AvgIpc) is 3.12. The van der Waals surface area contributed by atoms with Crippen molar-refractivity contribution in [2.75, 3.05) is 11.1 Å². The maximum absolute atomic E-state index is 12.7. The van der Waals surface area contributed by atoms with Crippen molar-refractivity contribution >= 4 is 40.0 Å². The SMILES string of the molecule is C[C@@H]1CCc2nc(NC(=O)[C@H]3CS[C@]4(C)CCC(=O)N34)sc2C1. The van der Waals surface area contributed by atoms with E-state index in [-0.39, 0.29) is 22.7 Å². The Labute approximate surface area is 144 Å². The highest BCUT2D eigenvalue weighted by atomic mass is 32.2. The zero-order valence-electron chi connectivity index (χ0n) is 13.4. The summed E-state index contributed by atoms with van der Waals surface area (Å²) in [4.78, 5) is 32.3. The van der Waals surface area contributed by atoms with Crippen LogP contribution in [0.4, 0.5) is 5.13 Å². The molecule has 2 aliphatic heterocycles. The Hall–Kier alpha value is -1.08. The molecular formula is C16H21N3O2S2. The fraction of sp³-hybridized carbons (Fsp3) is 0.688. The lowest BCUT2D eigenvalue weighted by atomic mass is 9.93. The molecule has 0 bridgehead atoms. The molecule has 2 amide bonds. The van der Waals surface area contributed by atoms with Gasteiger partial charge in [-0.25, -0.2) is 4.98 Å². The molecule has 3 atom stereocenters. The van der Waals surface area contributed by atoms with Gasteiger partial charge in [0.15, 0.2) is 5.13 Å². The number of anilines is 1. The van der Waals surface area contributed by atoms with Crippen LogP contribution in [0.25, 0.3) is 0 Å². The molecule has 0 saturated carbocycles. The summed E-state index contributed by atoms with van der Waals surface area (Å²) in [6.45, 7) is 4.33. The van der Waals surface area contributed by atoms with E-state index in [9.17, 15) is 9.59 Å². The lowest BCUT2D eigenvalue weighted by molar-refractivity contribution is -0.135. The predicted octanol–water partition coefficient (Wildman–Crippen LogP) is 2.66. The zero-order chi connectivity index (χ0) is 16.2. The number of aryl methyl sites for hydroxylation is 1. The number of amides is 2. The normalized spacial score (nSPS) is 32.8. The van der Waals surface area contributed by atoms with E-state index in [4.69, 9.17) is 0 Å². The minimum absolute atomic E-state index is 0.0874. The first-order chi connectivity index (χ1) is 11.0. The van der Waals surface area contributed by atoms with E-state index in [1.165, 1.54) is 11.3 Å². The van der Waals surface area contributed by atoms with Crippen LogP contribution >= 0.6 is 23.1 Å². The molecule has 5 nitrogen and oxygen atoms in total. The molecule has 124 valence electrons. The van der Waals surface area contributed by atoms with E-state index in [1.807, 2.05) is 0 Å². The summed E-state index contributed by atoms with van der Waals surface area (Å²) in [5.41, 5.74) is 1.14. The van der Waals surface area contributed by atoms with Gasteiger partial charge in [-0.15, -0.1) is 23.1 Å². The Kier molecular flexibility index (Phi) is 3.68. The van der Waals surface area contributed by atoms with Crippen LogP contribution in [0.5, 0.6) is 0 Å². The number of carbonyl (C=O) groups excluding carboxylic acids is 2. The van der Waals surface area contributed by atoms with Crippen molar-refractivity contribution in [1.29, 1.82) is 0 Å². The van der Waals surface area contributed by atoms with Crippen LogP contribution in [0.1, 0.15) is 43.7 Å². The molecule has 3 aliphatic rings. The smallest absolute Gasteiger partial charge is 0.249 e. The number of hydrogen-bond donors (Lipinski definition) is 1. The lowest BCUT2D eigenvalue weighted by Gasteiger charge is -2.29. The fourth-order valence-electron chi connectivity index (χ4n) is 3.80. The summed E-state index contributed by atoms with van der Waals surface area (Å²) in [5, 5.41) is 3.66. The molecule has 1 aliphatic carbocycles. The van der Waals surface area contributed by atoms with Crippen LogP contribution in [-0.4, -0.2) is 38.4 Å². The highest BCUT2D eigenvalue weighted by Gasteiger charge is 2.53. The Morgan fingerprint density at radius 1 is 1.43 bits per heavy atom. The number of aromatic nitrogens is 1. The molecule has 23 heavy (non-hydrogen) atoms. The summed E-state index contributed by atoms with van der Waals surface area (Å²) in [5.74, 6) is 1.39. The monoisotopic (exact) mass is 351 g/mol. The molecule has 2 fully saturated rings. The fourth-order valence-corrected chi connectivity index (χ4v) is 6.40. The topological polar surface area (TPSA) is 62.3 Å². The number of nitrogens with zero attached hydrogens (tertiary/aromatic N) is 2. The van der Waals surface area contributed by atoms with Gasteiger partial charge in [0.25, 0.3) is 0 Å². The molecule has 2 saturated heterocycles. The summed E-state index contributed by atoms with van der Waals surface area (Å²) in [7, 11) is 0. The van der Waals surface area contributed by atoms with Crippen LogP contribution < -0.4 is 5.32 Å². The van der Waals surface area contributed by atoms with Crippen LogP contribution in [-0.2, 0) is 22.4 Å². The number of hydrogen-bond acceptors (Lipinski definition) is 5. The largest absolute Gasteiger partial charge is 0.315 e. The molecule has 0 radical (unpaired) electrons. The van der Waals surface area contributed by atoms with E-state index in [2.05, 4.69) is 24.1 Å². The molecule has 1 aromatic rings. The van der Waals surface area contributed by atoms with Gasteiger partial charge in [0.05, 0.1) is 10.6 Å². The molecule has 3 heterocycles. The van der Waals surface area contributed by atoms with Crippen molar-refractivity contribution in [3.63, 3.8) is 0 Å². The molecule has 7 heteroatoms. The summed E-state index contributed by atoms with van der Waals surface area (Å²) < 4.78 is 0. The lowest BCUT2D eigenvalue weighted by Crippen LogP contribution is -2.48. The van der Waals surface area contributed by atoms with E-state index in [0.717, 1.165) is 25.0 Å². The van der Waals surface area contributed by atoms with Crippen molar-refractivity contribution in [3.8, 4) is 0 Å². The number of carbonyl (C=O) groups is 2. The van der Waals surface area contributed by atoms with Gasteiger partial charge < -0.3 is 10.2 Å². The Morgan fingerprint density at radius 3 is 3.09 bits per heavy atom. The van der Waals surface area contributed by atoms with Crippen molar-refractivity contribution in [2.45, 2.75) is 56.9 Å². The Balaban J connectivity index is 1.49. The quantitative estimate of drug-likeness (QED) is 0.890. The van der Waals surface area contributed by atoms with Gasteiger partial charge in [0, 0.05) is 17.1 Å². The molecule has 1 N–H and O–H groups in total. The number of thioether (sulfide) groups is 1.